The van der Waals surface area contributed by atoms with Gasteiger partial charge in [-0.3, -0.25) is 0 Å². The van der Waals surface area contributed by atoms with Crippen molar-refractivity contribution in [1.29, 1.82) is 0 Å². The van der Waals surface area contributed by atoms with Gasteiger partial charge in [-0.1, -0.05) is 35.9 Å². The first-order valence-electron chi connectivity index (χ1n) is 6.62. The van der Waals surface area contributed by atoms with Crippen molar-refractivity contribution in [1.82, 2.24) is 0 Å². The van der Waals surface area contributed by atoms with Gasteiger partial charge in [-0.2, -0.15) is 0 Å². The highest BCUT2D eigenvalue weighted by atomic mass is 35.5. The molecule has 2 N–H and O–H groups in total. The summed E-state index contributed by atoms with van der Waals surface area (Å²) in [7, 11) is 0. The Kier molecular flexibility index (Phi) is 3.81. The van der Waals surface area contributed by atoms with E-state index in [4.69, 9.17) is 26.8 Å². The molecule has 0 bridgehead atoms. The van der Waals surface area contributed by atoms with Gasteiger partial charge < -0.3 is 15.2 Å². The van der Waals surface area contributed by atoms with E-state index < -0.39 is 0 Å². The lowest BCUT2D eigenvalue weighted by Crippen LogP contribution is -2.16. The molecule has 0 aliphatic carbocycles. The Morgan fingerprint density at radius 1 is 1.05 bits per heavy atom. The minimum absolute atomic E-state index is 0.133. The Hall–Kier alpha value is -1.71. The van der Waals surface area contributed by atoms with E-state index in [1.54, 1.807) is 0 Å². The molecule has 0 aromatic heterocycles. The molecule has 1 heterocycles. The summed E-state index contributed by atoms with van der Waals surface area (Å²) in [6.45, 7) is 1.19. The van der Waals surface area contributed by atoms with E-state index in [2.05, 4.69) is 0 Å². The van der Waals surface area contributed by atoms with Crippen LogP contribution in [0.1, 0.15) is 17.2 Å². The summed E-state index contributed by atoms with van der Waals surface area (Å²) < 4.78 is 11.1. The number of nitrogens with two attached hydrogens (primary N) is 1. The lowest BCUT2D eigenvalue weighted by molar-refractivity contribution is 0.171. The molecule has 0 fully saturated rings. The first-order valence-corrected chi connectivity index (χ1v) is 7.00. The van der Waals surface area contributed by atoms with Crippen LogP contribution in [0.4, 0.5) is 0 Å². The molecule has 1 aliphatic rings. The van der Waals surface area contributed by atoms with E-state index in [0.717, 1.165) is 22.6 Å². The Morgan fingerprint density at radius 2 is 1.80 bits per heavy atom. The van der Waals surface area contributed by atoms with Gasteiger partial charge in [0.05, 0.1) is 0 Å². The SMILES string of the molecule is NC(Cc1ccc2c(c1)OCCO2)c1ccccc1Cl. The van der Waals surface area contributed by atoms with E-state index in [1.807, 2.05) is 42.5 Å². The second-order valence-electron chi connectivity index (χ2n) is 4.81. The fourth-order valence-electron chi connectivity index (χ4n) is 2.35. The number of rotatable bonds is 3. The van der Waals surface area contributed by atoms with Gasteiger partial charge in [0.15, 0.2) is 11.5 Å². The average Bonchev–Trinajstić information content (AvgIpc) is 2.47. The van der Waals surface area contributed by atoms with Gasteiger partial charge in [0.25, 0.3) is 0 Å². The van der Waals surface area contributed by atoms with Crippen LogP contribution >= 0.6 is 11.6 Å². The monoisotopic (exact) mass is 289 g/mol. The topological polar surface area (TPSA) is 44.5 Å². The molecular formula is C16H16ClNO2. The molecule has 3 nitrogen and oxygen atoms in total. The molecule has 104 valence electrons. The maximum absolute atomic E-state index is 6.25. The van der Waals surface area contributed by atoms with E-state index in [9.17, 15) is 0 Å². The zero-order chi connectivity index (χ0) is 13.9. The molecular weight excluding hydrogens is 274 g/mol. The Balaban J connectivity index is 1.79. The Morgan fingerprint density at radius 3 is 2.60 bits per heavy atom. The second-order valence-corrected chi connectivity index (χ2v) is 5.22. The van der Waals surface area contributed by atoms with Crippen LogP contribution in [0.3, 0.4) is 0 Å². The maximum Gasteiger partial charge on any atom is 0.161 e. The summed E-state index contributed by atoms with van der Waals surface area (Å²) in [4.78, 5) is 0. The first kappa shape index (κ1) is 13.3. The quantitative estimate of drug-likeness (QED) is 0.942. The van der Waals surface area contributed by atoms with E-state index >= 15 is 0 Å². The minimum atomic E-state index is -0.133. The van der Waals surface area contributed by atoms with Gasteiger partial charge in [0.1, 0.15) is 13.2 Å². The molecule has 1 atom stereocenters. The van der Waals surface area contributed by atoms with Gasteiger partial charge in [0, 0.05) is 11.1 Å². The highest BCUT2D eigenvalue weighted by Gasteiger charge is 2.15. The molecule has 0 amide bonds. The van der Waals surface area contributed by atoms with Gasteiger partial charge >= 0.3 is 0 Å². The van der Waals surface area contributed by atoms with Crippen molar-refractivity contribution < 1.29 is 9.47 Å². The van der Waals surface area contributed by atoms with Crippen LogP contribution in [0.25, 0.3) is 0 Å². The van der Waals surface area contributed by atoms with Crippen LogP contribution < -0.4 is 15.2 Å². The molecule has 0 saturated heterocycles. The largest absolute Gasteiger partial charge is 0.486 e. The lowest BCUT2D eigenvalue weighted by Gasteiger charge is -2.20. The zero-order valence-corrected chi connectivity index (χ0v) is 11.8. The maximum atomic E-state index is 6.25. The van der Waals surface area contributed by atoms with Gasteiger partial charge in [-0.15, -0.1) is 0 Å². The fraction of sp³-hybridized carbons (Fsp3) is 0.250. The van der Waals surface area contributed by atoms with Gasteiger partial charge in [0.2, 0.25) is 0 Å². The highest BCUT2D eigenvalue weighted by molar-refractivity contribution is 6.31. The number of hydrogen-bond acceptors (Lipinski definition) is 3. The molecule has 20 heavy (non-hydrogen) atoms. The Labute approximate surface area is 123 Å². The first-order chi connectivity index (χ1) is 9.74. The van der Waals surface area contributed by atoms with Crippen molar-refractivity contribution in [3.05, 3.63) is 58.6 Å². The van der Waals surface area contributed by atoms with Crippen LogP contribution in [0.15, 0.2) is 42.5 Å². The third-order valence-electron chi connectivity index (χ3n) is 3.37. The third-order valence-corrected chi connectivity index (χ3v) is 3.71. The summed E-state index contributed by atoms with van der Waals surface area (Å²) in [5.41, 5.74) is 8.32. The summed E-state index contributed by atoms with van der Waals surface area (Å²) in [6, 6.07) is 13.5. The Bertz CT molecular complexity index is 615. The number of halogens is 1. The van der Waals surface area contributed by atoms with E-state index in [0.29, 0.717) is 24.7 Å². The minimum Gasteiger partial charge on any atom is -0.486 e. The summed E-state index contributed by atoms with van der Waals surface area (Å²) in [6.07, 6.45) is 0.709. The lowest BCUT2D eigenvalue weighted by atomic mass is 9.99. The number of benzene rings is 2. The standard InChI is InChI=1S/C16H16ClNO2/c17-13-4-2-1-3-12(13)14(18)9-11-5-6-15-16(10-11)20-8-7-19-15/h1-6,10,14H,7-9,18H2. The van der Waals surface area contributed by atoms with Crippen molar-refractivity contribution in [2.45, 2.75) is 12.5 Å². The van der Waals surface area contributed by atoms with Crippen molar-refractivity contribution >= 4 is 11.6 Å². The van der Waals surface area contributed by atoms with Crippen LogP contribution in [0.5, 0.6) is 11.5 Å². The smallest absolute Gasteiger partial charge is 0.161 e. The van der Waals surface area contributed by atoms with Gasteiger partial charge in [-0.25, -0.2) is 0 Å². The highest BCUT2D eigenvalue weighted by Crippen LogP contribution is 2.32. The molecule has 0 radical (unpaired) electrons. The molecule has 0 spiro atoms. The van der Waals surface area contributed by atoms with E-state index in [1.165, 1.54) is 0 Å². The fourth-order valence-corrected chi connectivity index (χ4v) is 2.63. The molecule has 4 heteroatoms. The van der Waals surface area contributed by atoms with Crippen LogP contribution in [-0.4, -0.2) is 13.2 Å². The molecule has 2 aromatic carbocycles. The van der Waals surface area contributed by atoms with Crippen molar-refractivity contribution in [3.8, 4) is 11.5 Å². The third kappa shape index (κ3) is 2.74. The molecule has 0 saturated carbocycles. The summed E-state index contributed by atoms with van der Waals surface area (Å²) in [5.74, 6) is 1.59. The van der Waals surface area contributed by atoms with Crippen molar-refractivity contribution in [2.24, 2.45) is 5.73 Å². The van der Waals surface area contributed by atoms with Gasteiger partial charge in [-0.05, 0) is 35.7 Å². The van der Waals surface area contributed by atoms with E-state index in [-0.39, 0.29) is 6.04 Å². The molecule has 2 aromatic rings. The van der Waals surface area contributed by atoms with Crippen LogP contribution in [0.2, 0.25) is 5.02 Å². The average molecular weight is 290 g/mol. The predicted molar refractivity (Wildman–Crippen MR) is 79.5 cm³/mol. The number of fused-ring (bicyclic) bond motifs is 1. The van der Waals surface area contributed by atoms with Crippen LogP contribution in [-0.2, 0) is 6.42 Å². The molecule has 1 aliphatic heterocycles. The van der Waals surface area contributed by atoms with Crippen molar-refractivity contribution in [2.75, 3.05) is 13.2 Å². The molecule has 3 rings (SSSR count). The second kappa shape index (κ2) is 5.73. The molecule has 1 unspecified atom stereocenters. The van der Waals surface area contributed by atoms with Crippen molar-refractivity contribution in [3.63, 3.8) is 0 Å². The number of ether oxygens (including phenoxy) is 2. The summed E-state index contributed by atoms with van der Waals surface area (Å²) >= 11 is 6.18. The summed E-state index contributed by atoms with van der Waals surface area (Å²) in [5, 5.41) is 0.706. The predicted octanol–water partition coefficient (Wildman–Crippen LogP) is 3.35. The zero-order valence-electron chi connectivity index (χ0n) is 11.0. The normalized spacial score (nSPS) is 14.9. The number of hydrogen-bond donors (Lipinski definition) is 1. The van der Waals surface area contributed by atoms with Crippen LogP contribution in [0, 0.1) is 0 Å².